The number of carbonyl (C=O) groups is 1. The molecule has 0 bridgehead atoms. The Morgan fingerprint density at radius 3 is 2.67 bits per heavy atom. The number of nitrogens with one attached hydrogen (secondary N) is 2. The molecule has 4 aromatic heterocycles. The SMILES string of the molecule is Cc1ccccc1-c1cncc(-c2ccc3nc(NC(=O)NCCc4nnn(C(C)C)n4)cn3c2)c1. The minimum absolute atomic E-state index is 0.145. The number of rotatable bonds is 7. The van der Waals surface area contributed by atoms with E-state index in [0.717, 1.165) is 27.9 Å². The number of hydrogen-bond acceptors (Lipinski definition) is 6. The van der Waals surface area contributed by atoms with Crippen molar-refractivity contribution in [2.24, 2.45) is 0 Å². The van der Waals surface area contributed by atoms with E-state index in [1.165, 1.54) is 5.56 Å². The van der Waals surface area contributed by atoms with Crippen LogP contribution in [-0.4, -0.2) is 47.2 Å². The number of aromatic nitrogens is 7. The van der Waals surface area contributed by atoms with Gasteiger partial charge in [0.15, 0.2) is 11.6 Å². The molecule has 0 aliphatic carbocycles. The van der Waals surface area contributed by atoms with Gasteiger partial charge in [-0.2, -0.15) is 4.80 Å². The molecule has 10 nitrogen and oxygen atoms in total. The van der Waals surface area contributed by atoms with Crippen molar-refractivity contribution in [3.8, 4) is 22.3 Å². The highest BCUT2D eigenvalue weighted by atomic mass is 16.2. The summed E-state index contributed by atoms with van der Waals surface area (Å²) in [5.41, 5.74) is 6.16. The van der Waals surface area contributed by atoms with E-state index in [1.807, 2.05) is 61.1 Å². The van der Waals surface area contributed by atoms with Gasteiger partial charge in [0.2, 0.25) is 0 Å². The van der Waals surface area contributed by atoms with Crippen LogP contribution in [0.5, 0.6) is 0 Å². The molecular weight excluding hydrogens is 454 g/mol. The smallest absolute Gasteiger partial charge is 0.320 e. The monoisotopic (exact) mass is 481 g/mol. The van der Waals surface area contributed by atoms with E-state index in [0.29, 0.717) is 24.6 Å². The summed E-state index contributed by atoms with van der Waals surface area (Å²) in [7, 11) is 0. The molecule has 0 atom stereocenters. The van der Waals surface area contributed by atoms with Crippen LogP contribution in [0.15, 0.2) is 67.3 Å². The topological polar surface area (TPSA) is 115 Å². The maximum Gasteiger partial charge on any atom is 0.320 e. The lowest BCUT2D eigenvalue weighted by molar-refractivity contribution is 0.252. The van der Waals surface area contributed by atoms with Crippen molar-refractivity contribution in [1.29, 1.82) is 0 Å². The lowest BCUT2D eigenvalue weighted by atomic mass is 9.99. The van der Waals surface area contributed by atoms with Crippen LogP contribution >= 0.6 is 0 Å². The minimum atomic E-state index is -0.343. The molecule has 0 radical (unpaired) electrons. The van der Waals surface area contributed by atoms with Gasteiger partial charge in [-0.1, -0.05) is 24.3 Å². The van der Waals surface area contributed by atoms with Crippen molar-refractivity contribution in [2.45, 2.75) is 33.2 Å². The molecule has 0 unspecified atom stereocenters. The summed E-state index contributed by atoms with van der Waals surface area (Å²) in [6, 6.07) is 14.1. The van der Waals surface area contributed by atoms with E-state index in [4.69, 9.17) is 0 Å². The molecule has 0 fully saturated rings. The predicted molar refractivity (Wildman–Crippen MR) is 138 cm³/mol. The van der Waals surface area contributed by atoms with Gasteiger partial charge in [-0.15, -0.1) is 10.2 Å². The fourth-order valence-corrected chi connectivity index (χ4v) is 3.89. The van der Waals surface area contributed by atoms with E-state index in [1.54, 1.807) is 11.0 Å². The Bertz CT molecular complexity index is 1520. The van der Waals surface area contributed by atoms with Crippen molar-refractivity contribution in [3.05, 3.63) is 78.6 Å². The standard InChI is InChI=1S/C26H27N9O/c1-17(2)35-32-23(31-33-35)10-11-28-26(36)30-24-16-34-15-19(8-9-25(34)29-24)20-12-21(14-27-13-20)22-7-5-4-6-18(22)3/h4-9,12-17H,10-11H2,1-3H3,(H2,28,30,36). The fraction of sp³-hybridized carbons (Fsp3) is 0.231. The Hall–Kier alpha value is -4.60. The van der Waals surface area contributed by atoms with E-state index >= 15 is 0 Å². The van der Waals surface area contributed by atoms with Crippen molar-refractivity contribution in [2.75, 3.05) is 11.9 Å². The van der Waals surface area contributed by atoms with Gasteiger partial charge in [-0.3, -0.25) is 10.3 Å². The number of imidazole rings is 1. The zero-order chi connectivity index (χ0) is 25.1. The highest BCUT2D eigenvalue weighted by molar-refractivity contribution is 5.88. The molecule has 4 heterocycles. The van der Waals surface area contributed by atoms with Crippen molar-refractivity contribution in [3.63, 3.8) is 0 Å². The third-order valence-electron chi connectivity index (χ3n) is 5.79. The van der Waals surface area contributed by atoms with E-state index in [2.05, 4.69) is 61.1 Å². The molecule has 1 aromatic carbocycles. The number of fused-ring (bicyclic) bond motifs is 1. The molecule has 5 rings (SSSR count). The van der Waals surface area contributed by atoms with E-state index in [-0.39, 0.29) is 12.1 Å². The van der Waals surface area contributed by atoms with Crippen LogP contribution in [0.25, 0.3) is 27.9 Å². The number of urea groups is 1. The quantitative estimate of drug-likeness (QED) is 0.358. The van der Waals surface area contributed by atoms with E-state index < -0.39 is 0 Å². The number of hydrogen-bond donors (Lipinski definition) is 2. The first kappa shape index (κ1) is 23.2. The zero-order valence-electron chi connectivity index (χ0n) is 20.4. The summed E-state index contributed by atoms with van der Waals surface area (Å²) < 4.78 is 1.89. The third kappa shape index (κ3) is 5.07. The molecule has 2 N–H and O–H groups in total. The molecule has 0 saturated heterocycles. The summed E-state index contributed by atoms with van der Waals surface area (Å²) >= 11 is 0. The third-order valence-corrected chi connectivity index (χ3v) is 5.79. The van der Waals surface area contributed by atoms with E-state index in [9.17, 15) is 4.79 Å². The lowest BCUT2D eigenvalue weighted by Crippen LogP contribution is -2.30. The van der Waals surface area contributed by atoms with Gasteiger partial charge in [0, 0.05) is 48.2 Å². The fourth-order valence-electron chi connectivity index (χ4n) is 3.89. The van der Waals surface area contributed by atoms with Crippen molar-refractivity contribution < 1.29 is 4.79 Å². The van der Waals surface area contributed by atoms with Crippen LogP contribution in [0.1, 0.15) is 31.3 Å². The van der Waals surface area contributed by atoms with Crippen LogP contribution in [0.4, 0.5) is 10.6 Å². The van der Waals surface area contributed by atoms with Crippen LogP contribution in [-0.2, 0) is 6.42 Å². The maximum absolute atomic E-state index is 12.3. The van der Waals surface area contributed by atoms with Gasteiger partial charge in [0.05, 0.1) is 12.2 Å². The number of amides is 2. The average molecular weight is 482 g/mol. The summed E-state index contributed by atoms with van der Waals surface area (Å²) in [6.07, 6.45) is 7.98. The summed E-state index contributed by atoms with van der Waals surface area (Å²) in [5.74, 6) is 1.05. The Balaban J connectivity index is 1.25. The highest BCUT2D eigenvalue weighted by Crippen LogP contribution is 2.27. The lowest BCUT2D eigenvalue weighted by Gasteiger charge is -2.08. The molecular formula is C26H27N9O. The second kappa shape index (κ2) is 9.95. The predicted octanol–water partition coefficient (Wildman–Crippen LogP) is 4.30. The Labute approximate surface area is 208 Å². The first-order chi connectivity index (χ1) is 17.5. The normalized spacial score (nSPS) is 11.2. The largest absolute Gasteiger partial charge is 0.337 e. The summed E-state index contributed by atoms with van der Waals surface area (Å²) in [5, 5.41) is 17.9. The van der Waals surface area contributed by atoms with Crippen LogP contribution in [0, 0.1) is 6.92 Å². The second-order valence-electron chi connectivity index (χ2n) is 8.84. The summed E-state index contributed by atoms with van der Waals surface area (Å²) in [6.45, 7) is 6.44. The summed E-state index contributed by atoms with van der Waals surface area (Å²) in [4.78, 5) is 22.8. The van der Waals surface area contributed by atoms with Crippen LogP contribution in [0.2, 0.25) is 0 Å². The molecule has 182 valence electrons. The number of benzene rings is 1. The maximum atomic E-state index is 12.3. The molecule has 10 heteroatoms. The van der Waals surface area contributed by atoms with Gasteiger partial charge in [-0.25, -0.2) is 9.78 Å². The molecule has 0 aliphatic rings. The molecule has 0 aliphatic heterocycles. The number of carbonyl (C=O) groups excluding carboxylic acids is 1. The molecule has 0 spiro atoms. The first-order valence-electron chi connectivity index (χ1n) is 11.8. The molecule has 0 saturated carbocycles. The molecule has 2 amide bonds. The molecule has 36 heavy (non-hydrogen) atoms. The number of nitrogens with zero attached hydrogens (tertiary/aromatic N) is 7. The second-order valence-corrected chi connectivity index (χ2v) is 8.84. The van der Waals surface area contributed by atoms with Crippen molar-refractivity contribution >= 4 is 17.5 Å². The Morgan fingerprint density at radius 2 is 1.86 bits per heavy atom. The number of aryl methyl sites for hydroxylation is 1. The number of tetrazole rings is 1. The average Bonchev–Trinajstić information content (AvgIpc) is 3.51. The minimum Gasteiger partial charge on any atom is -0.337 e. The van der Waals surface area contributed by atoms with Gasteiger partial charge in [0.25, 0.3) is 0 Å². The molecule has 5 aromatic rings. The van der Waals surface area contributed by atoms with Gasteiger partial charge >= 0.3 is 6.03 Å². The van der Waals surface area contributed by atoms with Gasteiger partial charge < -0.3 is 9.72 Å². The highest BCUT2D eigenvalue weighted by Gasteiger charge is 2.10. The van der Waals surface area contributed by atoms with Crippen LogP contribution < -0.4 is 10.6 Å². The van der Waals surface area contributed by atoms with Crippen LogP contribution in [0.3, 0.4) is 0 Å². The number of pyridine rings is 2. The van der Waals surface area contributed by atoms with Gasteiger partial charge in [0.1, 0.15) is 5.65 Å². The Kier molecular flexibility index (Phi) is 6.40. The Morgan fingerprint density at radius 1 is 1.03 bits per heavy atom. The van der Waals surface area contributed by atoms with Gasteiger partial charge in [-0.05, 0) is 55.3 Å². The first-order valence-corrected chi connectivity index (χ1v) is 11.8. The van der Waals surface area contributed by atoms with Crippen molar-refractivity contribution in [1.82, 2.24) is 39.9 Å². The number of anilines is 1. The zero-order valence-corrected chi connectivity index (χ0v) is 20.4.